The standard InChI is InChI=1S/C15H17N3O/c1-11-3-4-14(13(7-11)9-16)18-10-12-5-6-17-15(8-12)19-2/h3-9,16,18H,10H2,1-2H3. The van der Waals surface area contributed by atoms with E-state index in [0.717, 1.165) is 22.4 Å². The molecule has 0 atom stereocenters. The zero-order valence-corrected chi connectivity index (χ0v) is 11.1. The van der Waals surface area contributed by atoms with Crippen LogP contribution < -0.4 is 10.1 Å². The third kappa shape index (κ3) is 3.31. The van der Waals surface area contributed by atoms with E-state index in [-0.39, 0.29) is 0 Å². The predicted octanol–water partition coefficient (Wildman–Crippen LogP) is 3.01. The number of nitrogens with one attached hydrogen (secondary N) is 2. The van der Waals surface area contributed by atoms with Crippen molar-refractivity contribution in [2.45, 2.75) is 13.5 Å². The molecule has 98 valence electrons. The summed E-state index contributed by atoms with van der Waals surface area (Å²) >= 11 is 0. The Bertz CT molecular complexity index is 581. The molecule has 2 aromatic rings. The van der Waals surface area contributed by atoms with Crippen LogP contribution in [0.3, 0.4) is 0 Å². The van der Waals surface area contributed by atoms with E-state index >= 15 is 0 Å². The molecule has 1 aromatic heterocycles. The lowest BCUT2D eigenvalue weighted by Crippen LogP contribution is -2.03. The molecule has 2 rings (SSSR count). The second-order valence-electron chi connectivity index (χ2n) is 4.30. The fraction of sp³-hybridized carbons (Fsp3) is 0.200. The monoisotopic (exact) mass is 255 g/mol. The number of methoxy groups -OCH3 is 1. The lowest BCUT2D eigenvalue weighted by atomic mass is 10.1. The van der Waals surface area contributed by atoms with Crippen LogP contribution in [-0.2, 0) is 6.54 Å². The minimum atomic E-state index is 0.607. The van der Waals surface area contributed by atoms with Crippen LogP contribution >= 0.6 is 0 Å². The van der Waals surface area contributed by atoms with Gasteiger partial charge in [0.1, 0.15) is 0 Å². The summed E-state index contributed by atoms with van der Waals surface area (Å²) in [7, 11) is 1.60. The van der Waals surface area contributed by atoms with Crippen LogP contribution in [0.2, 0.25) is 0 Å². The van der Waals surface area contributed by atoms with Gasteiger partial charge in [0.05, 0.1) is 7.11 Å². The number of rotatable bonds is 5. The summed E-state index contributed by atoms with van der Waals surface area (Å²) in [6.07, 6.45) is 3.09. The van der Waals surface area contributed by atoms with Crippen molar-refractivity contribution in [3.63, 3.8) is 0 Å². The van der Waals surface area contributed by atoms with Crippen LogP contribution in [0.15, 0.2) is 36.5 Å². The SMILES string of the molecule is COc1cc(CNc2ccc(C)cc2C=N)ccn1. The van der Waals surface area contributed by atoms with Gasteiger partial charge in [-0.3, -0.25) is 0 Å². The first-order valence-corrected chi connectivity index (χ1v) is 6.07. The first-order valence-electron chi connectivity index (χ1n) is 6.07. The molecule has 19 heavy (non-hydrogen) atoms. The highest BCUT2D eigenvalue weighted by Gasteiger charge is 2.01. The van der Waals surface area contributed by atoms with Crippen LogP contribution in [0.5, 0.6) is 5.88 Å². The van der Waals surface area contributed by atoms with Gasteiger partial charge >= 0.3 is 0 Å². The van der Waals surface area contributed by atoms with E-state index in [9.17, 15) is 0 Å². The number of hydrogen-bond acceptors (Lipinski definition) is 4. The minimum absolute atomic E-state index is 0.607. The lowest BCUT2D eigenvalue weighted by molar-refractivity contribution is 0.397. The number of hydrogen-bond donors (Lipinski definition) is 2. The Balaban J connectivity index is 2.11. The number of nitrogens with zero attached hydrogens (tertiary/aromatic N) is 1. The Morgan fingerprint density at radius 2 is 2.16 bits per heavy atom. The Hall–Kier alpha value is -2.36. The van der Waals surface area contributed by atoms with Crippen molar-refractivity contribution in [3.8, 4) is 5.88 Å². The van der Waals surface area contributed by atoms with Crippen molar-refractivity contribution in [2.24, 2.45) is 0 Å². The maximum absolute atomic E-state index is 7.43. The van der Waals surface area contributed by atoms with Gasteiger partial charge in [-0.25, -0.2) is 4.98 Å². The smallest absolute Gasteiger partial charge is 0.213 e. The molecule has 4 heteroatoms. The number of pyridine rings is 1. The van der Waals surface area contributed by atoms with E-state index in [1.54, 1.807) is 13.3 Å². The normalized spacial score (nSPS) is 10.0. The topological polar surface area (TPSA) is 58.0 Å². The molecule has 1 heterocycles. The van der Waals surface area contributed by atoms with E-state index in [4.69, 9.17) is 10.1 Å². The molecule has 0 aliphatic carbocycles. The fourth-order valence-electron chi connectivity index (χ4n) is 1.83. The van der Waals surface area contributed by atoms with E-state index in [0.29, 0.717) is 12.4 Å². The van der Waals surface area contributed by atoms with E-state index in [1.807, 2.05) is 37.3 Å². The van der Waals surface area contributed by atoms with Crippen molar-refractivity contribution in [2.75, 3.05) is 12.4 Å². The molecule has 0 saturated heterocycles. The summed E-state index contributed by atoms with van der Waals surface area (Å²) in [4.78, 5) is 4.07. The first kappa shape index (κ1) is 13.1. The molecule has 0 fully saturated rings. The average molecular weight is 255 g/mol. The van der Waals surface area contributed by atoms with E-state index in [1.165, 1.54) is 6.21 Å². The molecule has 0 aliphatic heterocycles. The lowest BCUT2D eigenvalue weighted by Gasteiger charge is -2.10. The predicted molar refractivity (Wildman–Crippen MR) is 77.2 cm³/mol. The molecule has 0 amide bonds. The summed E-state index contributed by atoms with van der Waals surface area (Å²) in [6, 6.07) is 9.85. The number of anilines is 1. The van der Waals surface area contributed by atoms with Crippen molar-refractivity contribution in [3.05, 3.63) is 53.2 Å². The van der Waals surface area contributed by atoms with E-state index < -0.39 is 0 Å². The van der Waals surface area contributed by atoms with Gasteiger partial charge < -0.3 is 15.5 Å². The zero-order chi connectivity index (χ0) is 13.7. The summed E-state index contributed by atoms with van der Waals surface area (Å²) in [6.45, 7) is 2.69. The largest absolute Gasteiger partial charge is 0.481 e. The Morgan fingerprint density at radius 1 is 1.32 bits per heavy atom. The molecule has 4 nitrogen and oxygen atoms in total. The maximum atomic E-state index is 7.43. The van der Waals surface area contributed by atoms with Crippen LogP contribution in [0.25, 0.3) is 0 Å². The van der Waals surface area contributed by atoms with Crippen LogP contribution in [0.4, 0.5) is 5.69 Å². The molecule has 2 N–H and O–H groups in total. The van der Waals surface area contributed by atoms with Crippen LogP contribution in [0, 0.1) is 12.3 Å². The second kappa shape index (κ2) is 6.00. The molecule has 0 spiro atoms. The van der Waals surface area contributed by atoms with Crippen molar-refractivity contribution < 1.29 is 4.74 Å². The Kier molecular flexibility index (Phi) is 4.13. The quantitative estimate of drug-likeness (QED) is 0.807. The van der Waals surface area contributed by atoms with Crippen LogP contribution in [-0.4, -0.2) is 18.3 Å². The highest BCUT2D eigenvalue weighted by atomic mass is 16.5. The van der Waals surface area contributed by atoms with E-state index in [2.05, 4.69) is 10.3 Å². The molecule has 0 radical (unpaired) electrons. The molecule has 0 aliphatic rings. The van der Waals surface area contributed by atoms with Gasteiger partial charge in [-0.2, -0.15) is 0 Å². The maximum Gasteiger partial charge on any atom is 0.213 e. The average Bonchev–Trinajstić information content (AvgIpc) is 2.46. The molecule has 0 bridgehead atoms. The summed E-state index contributed by atoms with van der Waals surface area (Å²) in [5, 5.41) is 10.8. The third-order valence-corrected chi connectivity index (χ3v) is 2.85. The first-order chi connectivity index (χ1) is 9.22. The highest BCUT2D eigenvalue weighted by Crippen LogP contribution is 2.17. The number of aromatic nitrogens is 1. The van der Waals surface area contributed by atoms with Gasteiger partial charge in [0.2, 0.25) is 5.88 Å². The minimum Gasteiger partial charge on any atom is -0.481 e. The number of benzene rings is 1. The van der Waals surface area contributed by atoms with Crippen LogP contribution in [0.1, 0.15) is 16.7 Å². The molecular weight excluding hydrogens is 238 g/mol. The molecule has 0 unspecified atom stereocenters. The van der Waals surface area contributed by atoms with Gasteiger partial charge in [0, 0.05) is 36.3 Å². The van der Waals surface area contributed by atoms with Crippen molar-refractivity contribution in [1.82, 2.24) is 4.98 Å². The molecule has 1 aromatic carbocycles. The third-order valence-electron chi connectivity index (χ3n) is 2.85. The zero-order valence-electron chi connectivity index (χ0n) is 11.1. The number of ether oxygens (including phenoxy) is 1. The molecule has 0 saturated carbocycles. The van der Waals surface area contributed by atoms with Gasteiger partial charge in [0.15, 0.2) is 0 Å². The Labute approximate surface area is 113 Å². The van der Waals surface area contributed by atoms with Gasteiger partial charge in [-0.15, -0.1) is 0 Å². The fourth-order valence-corrected chi connectivity index (χ4v) is 1.83. The molecular formula is C15H17N3O. The van der Waals surface area contributed by atoms with Gasteiger partial charge in [0.25, 0.3) is 0 Å². The summed E-state index contributed by atoms with van der Waals surface area (Å²) < 4.78 is 5.09. The van der Waals surface area contributed by atoms with Crippen molar-refractivity contribution >= 4 is 11.9 Å². The Morgan fingerprint density at radius 3 is 2.89 bits per heavy atom. The second-order valence-corrected chi connectivity index (χ2v) is 4.30. The summed E-state index contributed by atoms with van der Waals surface area (Å²) in [5.41, 5.74) is 4.08. The summed E-state index contributed by atoms with van der Waals surface area (Å²) in [5.74, 6) is 0.607. The van der Waals surface area contributed by atoms with Crippen molar-refractivity contribution in [1.29, 1.82) is 5.41 Å². The number of aryl methyl sites for hydroxylation is 1. The van der Waals surface area contributed by atoms with Gasteiger partial charge in [-0.05, 0) is 30.7 Å². The highest BCUT2D eigenvalue weighted by molar-refractivity contribution is 5.86. The van der Waals surface area contributed by atoms with Gasteiger partial charge in [-0.1, -0.05) is 11.6 Å².